The smallest absolute Gasteiger partial charge is 0.317 e. The predicted molar refractivity (Wildman–Crippen MR) is 82.3 cm³/mol. The molecule has 0 aliphatic rings. The van der Waals surface area contributed by atoms with Crippen LogP contribution in [0.1, 0.15) is 33.3 Å². The predicted octanol–water partition coefficient (Wildman–Crippen LogP) is 3.02. The molecule has 0 aromatic heterocycles. The molecule has 1 aromatic rings. The maximum Gasteiger partial charge on any atom is 0.317 e. The van der Waals surface area contributed by atoms with Crippen LogP contribution in [0.3, 0.4) is 0 Å². The number of carbonyl (C=O) groups excluding carboxylic acids is 1. The lowest BCUT2D eigenvalue weighted by Crippen LogP contribution is -2.44. The van der Waals surface area contributed by atoms with Gasteiger partial charge in [-0.1, -0.05) is 26.0 Å². The fourth-order valence-electron chi connectivity index (χ4n) is 2.06. The number of hydrogen-bond donors (Lipinski definition) is 1. The van der Waals surface area contributed by atoms with E-state index in [-0.39, 0.29) is 11.4 Å². The number of amides is 2. The fourth-order valence-corrected chi connectivity index (χ4v) is 2.06. The maximum absolute atomic E-state index is 12.0. The molecule has 0 unspecified atom stereocenters. The van der Waals surface area contributed by atoms with Crippen molar-refractivity contribution in [3.05, 3.63) is 29.8 Å². The molecule has 20 heavy (non-hydrogen) atoms. The molecule has 0 spiro atoms. The first-order chi connectivity index (χ1) is 9.44. The molecule has 0 atom stereocenters. The molecular formula is C16H26N2O2. The molecule has 1 rings (SSSR count). The van der Waals surface area contributed by atoms with Crippen LogP contribution < -0.4 is 10.1 Å². The fraction of sp³-hybridized carbons (Fsp3) is 0.562. The molecule has 1 aromatic carbocycles. The number of benzene rings is 1. The molecule has 112 valence electrons. The summed E-state index contributed by atoms with van der Waals surface area (Å²) < 4.78 is 5.16. The van der Waals surface area contributed by atoms with Crippen molar-refractivity contribution in [3.63, 3.8) is 0 Å². The van der Waals surface area contributed by atoms with E-state index in [9.17, 15) is 4.79 Å². The topological polar surface area (TPSA) is 41.6 Å². The Morgan fingerprint density at radius 3 is 2.20 bits per heavy atom. The van der Waals surface area contributed by atoms with Crippen LogP contribution in [0.4, 0.5) is 4.79 Å². The Hall–Kier alpha value is -1.71. The van der Waals surface area contributed by atoms with Gasteiger partial charge in [0, 0.05) is 25.0 Å². The van der Waals surface area contributed by atoms with Crippen molar-refractivity contribution >= 4 is 6.03 Å². The Morgan fingerprint density at radius 2 is 1.75 bits per heavy atom. The average Bonchev–Trinajstić information content (AvgIpc) is 2.46. The summed E-state index contributed by atoms with van der Waals surface area (Å²) in [5.41, 5.74) is 1.06. The zero-order valence-electron chi connectivity index (χ0n) is 13.2. The molecule has 0 bridgehead atoms. The molecule has 0 heterocycles. The quantitative estimate of drug-likeness (QED) is 0.869. The van der Waals surface area contributed by atoms with Gasteiger partial charge < -0.3 is 15.0 Å². The van der Waals surface area contributed by atoms with Gasteiger partial charge in [0.2, 0.25) is 0 Å². The van der Waals surface area contributed by atoms with Gasteiger partial charge in [-0.25, -0.2) is 4.79 Å². The second kappa shape index (κ2) is 7.17. The third kappa shape index (κ3) is 4.15. The molecule has 0 saturated heterocycles. The van der Waals surface area contributed by atoms with Gasteiger partial charge in [0.1, 0.15) is 5.75 Å². The molecule has 0 fully saturated rings. The van der Waals surface area contributed by atoms with Crippen molar-refractivity contribution in [2.45, 2.75) is 33.1 Å². The number of methoxy groups -OCH3 is 1. The summed E-state index contributed by atoms with van der Waals surface area (Å²) in [6, 6.07) is 7.98. The van der Waals surface area contributed by atoms with E-state index in [1.807, 2.05) is 38.1 Å². The zero-order chi connectivity index (χ0) is 15.2. The minimum atomic E-state index is -0.116. The largest absolute Gasteiger partial charge is 0.497 e. The van der Waals surface area contributed by atoms with E-state index < -0.39 is 0 Å². The minimum Gasteiger partial charge on any atom is -0.497 e. The molecule has 4 nitrogen and oxygen atoms in total. The van der Waals surface area contributed by atoms with Gasteiger partial charge in [-0.2, -0.15) is 0 Å². The number of hydrogen-bond acceptors (Lipinski definition) is 2. The second-order valence-electron chi connectivity index (χ2n) is 5.44. The number of carbonyl (C=O) groups is 1. The highest BCUT2D eigenvalue weighted by Gasteiger charge is 2.22. The maximum atomic E-state index is 12.0. The molecular weight excluding hydrogens is 252 g/mol. The lowest BCUT2D eigenvalue weighted by Gasteiger charge is -2.28. The standard InChI is InChI=1S/C16H26N2O2/c1-6-18(7-2)15(19)17-12-16(3,4)13-8-10-14(20-5)11-9-13/h8-11H,6-7,12H2,1-5H3,(H,17,19). The Bertz CT molecular complexity index is 423. The lowest BCUT2D eigenvalue weighted by atomic mass is 9.84. The van der Waals surface area contributed by atoms with Gasteiger partial charge in [-0.05, 0) is 31.5 Å². The molecule has 0 radical (unpaired) electrons. The third-order valence-corrected chi connectivity index (χ3v) is 3.60. The van der Waals surface area contributed by atoms with Gasteiger partial charge in [-0.15, -0.1) is 0 Å². The second-order valence-corrected chi connectivity index (χ2v) is 5.44. The molecule has 2 amide bonds. The Morgan fingerprint density at radius 1 is 1.20 bits per heavy atom. The van der Waals surface area contributed by atoms with Crippen molar-refractivity contribution in [2.24, 2.45) is 0 Å². The third-order valence-electron chi connectivity index (χ3n) is 3.60. The van der Waals surface area contributed by atoms with Gasteiger partial charge in [0.25, 0.3) is 0 Å². The van der Waals surface area contributed by atoms with Crippen molar-refractivity contribution in [3.8, 4) is 5.75 Å². The van der Waals surface area contributed by atoms with Gasteiger partial charge >= 0.3 is 6.03 Å². The van der Waals surface area contributed by atoms with Crippen molar-refractivity contribution < 1.29 is 9.53 Å². The Labute approximate surface area is 122 Å². The number of nitrogens with zero attached hydrogens (tertiary/aromatic N) is 1. The van der Waals surface area contributed by atoms with Gasteiger partial charge in [0.05, 0.1) is 7.11 Å². The van der Waals surface area contributed by atoms with Crippen molar-refractivity contribution in [2.75, 3.05) is 26.7 Å². The van der Waals surface area contributed by atoms with E-state index in [1.165, 1.54) is 5.56 Å². The molecule has 1 N–H and O–H groups in total. The lowest BCUT2D eigenvalue weighted by molar-refractivity contribution is 0.201. The van der Waals surface area contributed by atoms with Crippen LogP contribution in [0, 0.1) is 0 Å². The van der Waals surface area contributed by atoms with Crippen LogP contribution in [0.2, 0.25) is 0 Å². The van der Waals surface area contributed by atoms with E-state index in [4.69, 9.17) is 4.74 Å². The summed E-state index contributed by atoms with van der Waals surface area (Å²) in [5.74, 6) is 0.844. The summed E-state index contributed by atoms with van der Waals surface area (Å²) in [6.07, 6.45) is 0. The highest BCUT2D eigenvalue weighted by Crippen LogP contribution is 2.24. The Balaban J connectivity index is 2.66. The van der Waals surface area contributed by atoms with Crippen LogP contribution in [0.25, 0.3) is 0 Å². The van der Waals surface area contributed by atoms with Gasteiger partial charge in [0.15, 0.2) is 0 Å². The van der Waals surface area contributed by atoms with Crippen LogP contribution in [0.5, 0.6) is 5.75 Å². The van der Waals surface area contributed by atoms with Crippen molar-refractivity contribution in [1.82, 2.24) is 10.2 Å². The monoisotopic (exact) mass is 278 g/mol. The molecule has 0 saturated carbocycles. The number of urea groups is 1. The van der Waals surface area contributed by atoms with E-state index >= 15 is 0 Å². The average molecular weight is 278 g/mol. The van der Waals surface area contributed by atoms with Gasteiger partial charge in [-0.3, -0.25) is 0 Å². The van der Waals surface area contributed by atoms with E-state index in [0.29, 0.717) is 6.54 Å². The first kappa shape index (κ1) is 16.3. The summed E-state index contributed by atoms with van der Waals surface area (Å²) in [5, 5.41) is 3.01. The van der Waals surface area contributed by atoms with Crippen LogP contribution >= 0.6 is 0 Å². The van der Waals surface area contributed by atoms with E-state index in [1.54, 1.807) is 12.0 Å². The molecule has 0 aliphatic carbocycles. The highest BCUT2D eigenvalue weighted by atomic mass is 16.5. The molecule has 4 heteroatoms. The van der Waals surface area contributed by atoms with Crippen LogP contribution in [0.15, 0.2) is 24.3 Å². The summed E-state index contributed by atoms with van der Waals surface area (Å²) in [6.45, 7) is 10.3. The summed E-state index contributed by atoms with van der Waals surface area (Å²) in [4.78, 5) is 13.8. The first-order valence-electron chi connectivity index (χ1n) is 7.12. The first-order valence-corrected chi connectivity index (χ1v) is 7.12. The van der Waals surface area contributed by atoms with E-state index in [2.05, 4.69) is 19.2 Å². The minimum absolute atomic E-state index is 0.00316. The van der Waals surface area contributed by atoms with E-state index in [0.717, 1.165) is 18.8 Å². The number of ether oxygens (including phenoxy) is 1. The SMILES string of the molecule is CCN(CC)C(=O)NCC(C)(C)c1ccc(OC)cc1. The molecule has 0 aliphatic heterocycles. The normalized spacial score (nSPS) is 11.1. The van der Waals surface area contributed by atoms with Crippen molar-refractivity contribution in [1.29, 1.82) is 0 Å². The Kier molecular flexibility index (Phi) is 5.86. The van der Waals surface area contributed by atoms with Crippen LogP contribution in [-0.4, -0.2) is 37.7 Å². The summed E-state index contributed by atoms with van der Waals surface area (Å²) in [7, 11) is 1.66. The number of nitrogens with one attached hydrogen (secondary N) is 1. The highest BCUT2D eigenvalue weighted by molar-refractivity contribution is 5.74. The van der Waals surface area contributed by atoms with Crippen LogP contribution in [-0.2, 0) is 5.41 Å². The zero-order valence-corrected chi connectivity index (χ0v) is 13.2. The number of rotatable bonds is 6. The summed E-state index contributed by atoms with van der Waals surface area (Å²) >= 11 is 0.